The van der Waals surface area contributed by atoms with Crippen molar-refractivity contribution < 1.29 is 4.79 Å². The van der Waals surface area contributed by atoms with Gasteiger partial charge in [0.15, 0.2) is 0 Å². The van der Waals surface area contributed by atoms with Gasteiger partial charge >= 0.3 is 0 Å². The number of nitrogens with zero attached hydrogens (tertiary/aromatic N) is 2. The number of rotatable bonds is 3. The molecule has 0 aromatic heterocycles. The van der Waals surface area contributed by atoms with Crippen molar-refractivity contribution in [2.75, 3.05) is 32.7 Å². The Labute approximate surface area is 127 Å². The van der Waals surface area contributed by atoms with Crippen molar-refractivity contribution in [2.45, 2.75) is 68.2 Å². The standard InChI is InChI=1S/C13H26N2O.2C2H6/c1-5-14-8-10-15(11-9-14)12(16)6-7-13(2,3)4;2*1-2/h5-11H2,1-4H3;2*1-2H3. The second-order valence-corrected chi connectivity index (χ2v) is 5.88. The van der Waals surface area contributed by atoms with Crippen LogP contribution < -0.4 is 0 Å². The highest BCUT2D eigenvalue weighted by atomic mass is 16.2. The first kappa shape index (κ1) is 21.7. The van der Waals surface area contributed by atoms with Crippen molar-refractivity contribution >= 4 is 5.91 Å². The molecule has 0 aromatic carbocycles. The number of carbonyl (C=O) groups is 1. The lowest BCUT2D eigenvalue weighted by Crippen LogP contribution is -2.48. The van der Waals surface area contributed by atoms with Gasteiger partial charge in [-0.1, -0.05) is 55.4 Å². The van der Waals surface area contributed by atoms with Crippen LogP contribution >= 0.6 is 0 Å². The van der Waals surface area contributed by atoms with Gasteiger partial charge in [-0.3, -0.25) is 4.79 Å². The fourth-order valence-corrected chi connectivity index (χ4v) is 1.95. The van der Waals surface area contributed by atoms with E-state index in [-0.39, 0.29) is 5.41 Å². The summed E-state index contributed by atoms with van der Waals surface area (Å²) < 4.78 is 0. The van der Waals surface area contributed by atoms with Crippen molar-refractivity contribution in [3.63, 3.8) is 0 Å². The minimum Gasteiger partial charge on any atom is -0.340 e. The minimum atomic E-state index is 0.265. The molecule has 20 heavy (non-hydrogen) atoms. The number of piperazine rings is 1. The zero-order chi connectivity index (χ0) is 16.2. The maximum Gasteiger partial charge on any atom is 0.222 e. The van der Waals surface area contributed by atoms with Crippen LogP contribution in [0.4, 0.5) is 0 Å². The molecule has 0 N–H and O–H groups in total. The molecule has 0 saturated carbocycles. The molecule has 122 valence electrons. The Morgan fingerprint density at radius 1 is 0.950 bits per heavy atom. The average Bonchev–Trinajstić information content (AvgIpc) is 2.48. The van der Waals surface area contributed by atoms with E-state index in [2.05, 4.69) is 32.6 Å². The molecule has 1 aliphatic heterocycles. The van der Waals surface area contributed by atoms with Crippen LogP contribution in [0, 0.1) is 5.41 Å². The summed E-state index contributed by atoms with van der Waals surface area (Å²) in [6, 6.07) is 0. The van der Waals surface area contributed by atoms with Crippen molar-refractivity contribution in [3.05, 3.63) is 0 Å². The highest BCUT2D eigenvalue weighted by Crippen LogP contribution is 2.21. The van der Waals surface area contributed by atoms with E-state index in [0.717, 1.165) is 39.1 Å². The molecule has 0 aromatic rings. The van der Waals surface area contributed by atoms with E-state index in [1.807, 2.05) is 32.6 Å². The molecule has 1 fully saturated rings. The van der Waals surface area contributed by atoms with Crippen LogP contribution in [0.5, 0.6) is 0 Å². The minimum absolute atomic E-state index is 0.265. The Balaban J connectivity index is 0. The second-order valence-electron chi connectivity index (χ2n) is 5.88. The van der Waals surface area contributed by atoms with E-state index in [4.69, 9.17) is 0 Å². The molecular formula is C17H38N2O. The molecule has 1 amide bonds. The molecule has 0 aliphatic carbocycles. The van der Waals surface area contributed by atoms with Gasteiger partial charge in [0.05, 0.1) is 0 Å². The predicted molar refractivity (Wildman–Crippen MR) is 90.1 cm³/mol. The highest BCUT2D eigenvalue weighted by molar-refractivity contribution is 5.76. The fraction of sp³-hybridized carbons (Fsp3) is 0.941. The zero-order valence-corrected chi connectivity index (χ0v) is 15.3. The SMILES string of the molecule is CC.CC.CCN1CCN(C(=O)CCC(C)(C)C)CC1. The van der Waals surface area contributed by atoms with Crippen LogP contribution in [0.1, 0.15) is 68.2 Å². The van der Waals surface area contributed by atoms with Crippen molar-refractivity contribution in [3.8, 4) is 0 Å². The lowest BCUT2D eigenvalue weighted by atomic mass is 9.90. The Bertz CT molecular complexity index is 226. The normalized spacial score (nSPS) is 15.7. The van der Waals surface area contributed by atoms with Gasteiger partial charge in [-0.2, -0.15) is 0 Å². The van der Waals surface area contributed by atoms with Gasteiger partial charge in [-0.15, -0.1) is 0 Å². The van der Waals surface area contributed by atoms with Gasteiger partial charge < -0.3 is 9.80 Å². The maximum atomic E-state index is 11.9. The number of hydrogen-bond donors (Lipinski definition) is 0. The molecule has 1 heterocycles. The third-order valence-electron chi connectivity index (χ3n) is 3.26. The topological polar surface area (TPSA) is 23.6 Å². The van der Waals surface area contributed by atoms with Gasteiger partial charge in [0.2, 0.25) is 5.91 Å². The van der Waals surface area contributed by atoms with Gasteiger partial charge in [0.25, 0.3) is 0 Å². The largest absolute Gasteiger partial charge is 0.340 e. The molecule has 0 unspecified atom stereocenters. The van der Waals surface area contributed by atoms with Crippen LogP contribution in [0.2, 0.25) is 0 Å². The molecule has 1 rings (SSSR count). The van der Waals surface area contributed by atoms with Crippen LogP contribution in [-0.4, -0.2) is 48.4 Å². The summed E-state index contributed by atoms with van der Waals surface area (Å²) in [7, 11) is 0. The predicted octanol–water partition coefficient (Wildman–Crippen LogP) is 4.03. The summed E-state index contributed by atoms with van der Waals surface area (Å²) in [5.41, 5.74) is 0.265. The maximum absolute atomic E-state index is 11.9. The van der Waals surface area contributed by atoms with Gasteiger partial charge in [0.1, 0.15) is 0 Å². The summed E-state index contributed by atoms with van der Waals surface area (Å²) >= 11 is 0. The molecule has 1 saturated heterocycles. The third-order valence-corrected chi connectivity index (χ3v) is 3.26. The van der Waals surface area contributed by atoms with Crippen LogP contribution in [0.15, 0.2) is 0 Å². The number of hydrogen-bond acceptors (Lipinski definition) is 2. The van der Waals surface area contributed by atoms with Gasteiger partial charge in [-0.25, -0.2) is 0 Å². The molecule has 0 radical (unpaired) electrons. The molecule has 1 aliphatic rings. The lowest BCUT2D eigenvalue weighted by molar-refractivity contribution is -0.133. The first-order chi connectivity index (χ1) is 9.42. The Kier molecular flexibility index (Phi) is 13.2. The van der Waals surface area contributed by atoms with Crippen LogP contribution in [-0.2, 0) is 4.79 Å². The Morgan fingerprint density at radius 3 is 1.75 bits per heavy atom. The Morgan fingerprint density at radius 2 is 1.40 bits per heavy atom. The molecule has 0 bridgehead atoms. The van der Waals surface area contributed by atoms with E-state index in [0.29, 0.717) is 12.3 Å². The van der Waals surface area contributed by atoms with Gasteiger partial charge in [0, 0.05) is 32.6 Å². The van der Waals surface area contributed by atoms with Crippen molar-refractivity contribution in [1.82, 2.24) is 9.80 Å². The first-order valence-corrected chi connectivity index (χ1v) is 8.42. The zero-order valence-electron chi connectivity index (χ0n) is 15.3. The number of carbonyl (C=O) groups excluding carboxylic acids is 1. The van der Waals surface area contributed by atoms with Crippen LogP contribution in [0.3, 0.4) is 0 Å². The number of amides is 1. The van der Waals surface area contributed by atoms with E-state index >= 15 is 0 Å². The van der Waals surface area contributed by atoms with E-state index in [1.54, 1.807) is 0 Å². The fourth-order valence-electron chi connectivity index (χ4n) is 1.95. The lowest BCUT2D eigenvalue weighted by Gasteiger charge is -2.34. The van der Waals surface area contributed by atoms with Crippen molar-refractivity contribution in [2.24, 2.45) is 5.41 Å². The second kappa shape index (κ2) is 12.2. The van der Waals surface area contributed by atoms with E-state index < -0.39 is 0 Å². The molecule has 0 spiro atoms. The molecule has 3 nitrogen and oxygen atoms in total. The first-order valence-electron chi connectivity index (χ1n) is 8.42. The molecule has 0 atom stereocenters. The summed E-state index contributed by atoms with van der Waals surface area (Å²) in [4.78, 5) is 16.4. The summed E-state index contributed by atoms with van der Waals surface area (Å²) in [6.45, 7) is 21.8. The van der Waals surface area contributed by atoms with Gasteiger partial charge in [-0.05, 0) is 18.4 Å². The highest BCUT2D eigenvalue weighted by Gasteiger charge is 2.21. The summed E-state index contributed by atoms with van der Waals surface area (Å²) in [6.07, 6.45) is 1.69. The molecular weight excluding hydrogens is 248 g/mol. The van der Waals surface area contributed by atoms with Crippen LogP contribution in [0.25, 0.3) is 0 Å². The average molecular weight is 287 g/mol. The van der Waals surface area contributed by atoms with Crippen molar-refractivity contribution in [1.29, 1.82) is 0 Å². The monoisotopic (exact) mass is 286 g/mol. The van der Waals surface area contributed by atoms with E-state index in [9.17, 15) is 4.79 Å². The Hall–Kier alpha value is -0.570. The summed E-state index contributed by atoms with van der Waals surface area (Å²) in [5, 5.41) is 0. The smallest absolute Gasteiger partial charge is 0.222 e. The van der Waals surface area contributed by atoms with E-state index in [1.165, 1.54) is 0 Å². The number of likely N-dealkylation sites (N-methyl/N-ethyl adjacent to an activating group) is 1. The third kappa shape index (κ3) is 10.2. The summed E-state index contributed by atoms with van der Waals surface area (Å²) in [5.74, 6) is 0.339. The quantitative estimate of drug-likeness (QED) is 0.782. The molecule has 3 heteroatoms.